The zero-order valence-electron chi connectivity index (χ0n) is 26.5. The molecule has 0 aliphatic carbocycles. The minimum absolute atomic E-state index is 0. The molecule has 6 heteroatoms. The third-order valence-electron chi connectivity index (χ3n) is 7.75. The van der Waals surface area contributed by atoms with Crippen LogP contribution in [0.1, 0.15) is 94.9 Å². The zero-order chi connectivity index (χ0) is 29.1. The fourth-order valence-electron chi connectivity index (χ4n) is 5.31. The van der Waals surface area contributed by atoms with Gasteiger partial charge in [-0.05, 0) is 39.0 Å². The summed E-state index contributed by atoms with van der Waals surface area (Å²) in [7, 11) is 4.15. The summed E-state index contributed by atoms with van der Waals surface area (Å²) in [5.41, 5.74) is 8.75. The van der Waals surface area contributed by atoms with Crippen molar-refractivity contribution < 1.29 is 21.1 Å². The van der Waals surface area contributed by atoms with E-state index in [1.54, 1.807) is 0 Å². The molecule has 40 heavy (non-hydrogen) atoms. The number of pyridine rings is 2. The van der Waals surface area contributed by atoms with E-state index in [-0.39, 0.29) is 31.9 Å². The molecule has 4 rings (SSSR count). The SMILES string of the molecule is Cc1cc(-n2[c-]cc(C(C)(C)C)c2C)nc(C(C)(C)c2cc(N(C)C)cc(-n3[c-]cc(C(C)(C)C)c3C)n2)c1.[Pt+2]. The molecule has 0 bridgehead atoms. The third-order valence-corrected chi connectivity index (χ3v) is 7.75. The molecule has 0 unspecified atom stereocenters. The van der Waals surface area contributed by atoms with Crippen molar-refractivity contribution in [3.63, 3.8) is 0 Å². The molecule has 0 saturated heterocycles. The van der Waals surface area contributed by atoms with Gasteiger partial charge in [0.1, 0.15) is 0 Å². The van der Waals surface area contributed by atoms with Crippen LogP contribution < -0.4 is 4.90 Å². The summed E-state index contributed by atoms with van der Waals surface area (Å²) in [6.45, 7) is 24.3. The topological polar surface area (TPSA) is 38.9 Å². The molecule has 0 spiro atoms. The van der Waals surface area contributed by atoms with Crippen molar-refractivity contribution in [3.8, 4) is 11.6 Å². The second-order valence-corrected chi connectivity index (χ2v) is 13.7. The number of aromatic nitrogens is 4. The molecule has 0 aliphatic heterocycles. The molecular formula is C34H45N5Pt. The van der Waals surface area contributed by atoms with E-state index in [2.05, 4.69) is 153 Å². The number of rotatable bonds is 5. The number of anilines is 1. The Morgan fingerprint density at radius 3 is 1.48 bits per heavy atom. The minimum atomic E-state index is -0.441. The maximum absolute atomic E-state index is 5.23. The van der Waals surface area contributed by atoms with Gasteiger partial charge in [-0.1, -0.05) is 102 Å². The van der Waals surface area contributed by atoms with E-state index < -0.39 is 5.41 Å². The van der Waals surface area contributed by atoms with Crippen LogP contribution in [-0.2, 0) is 37.3 Å². The van der Waals surface area contributed by atoms with Gasteiger partial charge in [-0.2, -0.15) is 0 Å². The first-order valence-corrected chi connectivity index (χ1v) is 13.8. The Balaban J connectivity index is 0.00000441. The minimum Gasteiger partial charge on any atom is -0.433 e. The Morgan fingerprint density at radius 1 is 0.650 bits per heavy atom. The van der Waals surface area contributed by atoms with Crippen LogP contribution in [-0.4, -0.2) is 33.2 Å². The molecule has 0 radical (unpaired) electrons. The fourth-order valence-corrected chi connectivity index (χ4v) is 5.31. The Morgan fingerprint density at radius 2 is 1.07 bits per heavy atom. The fraction of sp³-hybridized carbons (Fsp3) is 0.471. The molecule has 0 aliphatic rings. The molecule has 0 fully saturated rings. The van der Waals surface area contributed by atoms with Crippen molar-refractivity contribution in [2.24, 2.45) is 0 Å². The monoisotopic (exact) mass is 718 g/mol. The van der Waals surface area contributed by atoms with Crippen LogP contribution in [0, 0.1) is 33.2 Å². The summed E-state index contributed by atoms with van der Waals surface area (Å²) < 4.78 is 4.18. The van der Waals surface area contributed by atoms with Crippen LogP contribution in [0.4, 0.5) is 5.69 Å². The van der Waals surface area contributed by atoms with Crippen LogP contribution in [0.2, 0.25) is 0 Å². The smallest absolute Gasteiger partial charge is 0.433 e. The van der Waals surface area contributed by atoms with Gasteiger partial charge >= 0.3 is 21.1 Å². The van der Waals surface area contributed by atoms with E-state index in [0.29, 0.717) is 0 Å². The van der Waals surface area contributed by atoms with Gasteiger partial charge in [-0.3, -0.25) is 9.97 Å². The molecule has 0 aromatic carbocycles. The van der Waals surface area contributed by atoms with Gasteiger partial charge in [0, 0.05) is 36.6 Å². The van der Waals surface area contributed by atoms with E-state index in [1.165, 1.54) is 22.5 Å². The molecule has 0 N–H and O–H groups in total. The molecule has 216 valence electrons. The van der Waals surface area contributed by atoms with E-state index in [1.807, 2.05) is 0 Å². The van der Waals surface area contributed by atoms with Crippen LogP contribution >= 0.6 is 0 Å². The number of aryl methyl sites for hydroxylation is 1. The first-order chi connectivity index (χ1) is 17.9. The van der Waals surface area contributed by atoms with Crippen molar-refractivity contribution >= 4 is 5.69 Å². The van der Waals surface area contributed by atoms with Gasteiger partial charge in [-0.15, -0.1) is 23.3 Å². The maximum atomic E-state index is 5.23. The zero-order valence-corrected chi connectivity index (χ0v) is 28.8. The van der Waals surface area contributed by atoms with Crippen molar-refractivity contribution in [1.29, 1.82) is 0 Å². The largest absolute Gasteiger partial charge is 2.00 e. The molecule has 5 nitrogen and oxygen atoms in total. The van der Waals surface area contributed by atoms with E-state index in [4.69, 9.17) is 9.97 Å². The summed E-state index contributed by atoms with van der Waals surface area (Å²) in [4.78, 5) is 12.6. The van der Waals surface area contributed by atoms with E-state index in [9.17, 15) is 0 Å². The van der Waals surface area contributed by atoms with Gasteiger partial charge in [0.05, 0.1) is 11.6 Å². The van der Waals surface area contributed by atoms with Crippen molar-refractivity contribution in [3.05, 3.63) is 88.3 Å². The average Bonchev–Trinajstić information content (AvgIpc) is 3.40. The molecule has 0 amide bonds. The maximum Gasteiger partial charge on any atom is 2.00 e. The molecular weight excluding hydrogens is 673 g/mol. The molecule has 4 aromatic rings. The number of hydrogen-bond donors (Lipinski definition) is 0. The summed E-state index contributed by atoms with van der Waals surface area (Å²) >= 11 is 0. The van der Waals surface area contributed by atoms with Crippen LogP contribution in [0.25, 0.3) is 11.6 Å². The average molecular weight is 719 g/mol. The number of nitrogens with zero attached hydrogens (tertiary/aromatic N) is 5. The summed E-state index contributed by atoms with van der Waals surface area (Å²) in [6, 6.07) is 12.8. The standard InChI is InChI=1S/C34H45N5.Pt/c1-22-18-28(35-30(19-22)38-16-14-26(23(38)2)32(4,5)6)34(10,11)29-20-25(37(12)13)21-31(36-29)39-17-15-27(24(39)3)33(7,8)9;/h14-15,18-21H,1-13H3;/q-2;+2. The van der Waals surface area contributed by atoms with Gasteiger partial charge in [0.2, 0.25) is 0 Å². The quantitative estimate of drug-likeness (QED) is 0.200. The predicted octanol–water partition coefficient (Wildman–Crippen LogP) is 7.57. The number of hydrogen-bond acceptors (Lipinski definition) is 3. The summed E-state index contributed by atoms with van der Waals surface area (Å²) in [5.74, 6) is 1.76. The van der Waals surface area contributed by atoms with Gasteiger partial charge in [-0.25, -0.2) is 0 Å². The molecule has 4 heterocycles. The predicted molar refractivity (Wildman–Crippen MR) is 163 cm³/mol. The molecule has 4 aromatic heterocycles. The second kappa shape index (κ2) is 11.0. The first-order valence-electron chi connectivity index (χ1n) is 13.8. The normalized spacial score (nSPS) is 12.4. The van der Waals surface area contributed by atoms with Crippen LogP contribution in [0.3, 0.4) is 0 Å². The summed E-state index contributed by atoms with van der Waals surface area (Å²) in [5, 5.41) is 0. The van der Waals surface area contributed by atoms with E-state index in [0.717, 1.165) is 34.3 Å². The van der Waals surface area contributed by atoms with Crippen LogP contribution in [0.15, 0.2) is 36.4 Å². The molecule has 0 saturated carbocycles. The molecule has 0 atom stereocenters. The first kappa shape index (κ1) is 31.9. The Labute approximate surface area is 256 Å². The Kier molecular flexibility index (Phi) is 8.74. The van der Waals surface area contributed by atoms with Gasteiger partial charge < -0.3 is 14.0 Å². The summed E-state index contributed by atoms with van der Waals surface area (Å²) in [6.07, 6.45) is 6.90. The van der Waals surface area contributed by atoms with Crippen molar-refractivity contribution in [1.82, 2.24) is 19.1 Å². The second-order valence-electron chi connectivity index (χ2n) is 13.7. The Hall–Kier alpha value is -2.65. The van der Waals surface area contributed by atoms with Gasteiger partial charge in [0.25, 0.3) is 0 Å². The van der Waals surface area contributed by atoms with E-state index >= 15 is 0 Å². The van der Waals surface area contributed by atoms with Crippen molar-refractivity contribution in [2.75, 3.05) is 19.0 Å². The Bertz CT molecular complexity index is 1510. The third kappa shape index (κ3) is 6.00. The van der Waals surface area contributed by atoms with Crippen molar-refractivity contribution in [2.45, 2.75) is 92.4 Å². The van der Waals surface area contributed by atoms with Gasteiger partial charge in [0.15, 0.2) is 0 Å². The van der Waals surface area contributed by atoms with Crippen LogP contribution in [0.5, 0.6) is 0 Å².